The lowest BCUT2D eigenvalue weighted by atomic mass is 10.0. The van der Waals surface area contributed by atoms with Crippen molar-refractivity contribution >= 4 is 16.9 Å². The summed E-state index contributed by atoms with van der Waals surface area (Å²) in [7, 11) is 0. The molecular formula is C12H13FN4O. The Labute approximate surface area is 103 Å². The number of halogens is 1. The summed E-state index contributed by atoms with van der Waals surface area (Å²) in [5, 5.41) is 5.94. The number of amides is 1. The lowest BCUT2D eigenvalue weighted by Crippen LogP contribution is -2.48. The minimum atomic E-state index is -0.442. The second-order valence-corrected chi connectivity index (χ2v) is 4.49. The molecule has 0 radical (unpaired) electrons. The number of rotatable bonds is 3. The van der Waals surface area contributed by atoms with Gasteiger partial charge in [-0.3, -0.25) is 4.79 Å². The first-order valence-corrected chi connectivity index (χ1v) is 5.85. The standard InChI is InChI=1S/C12H13FN4O/c13-8-1-9(11-10(2-8)16-6-17-11)12(18)15-5-7-3-14-4-7/h1-2,6-7,14H,3-5H2,(H,15,18)(H,16,17). The topological polar surface area (TPSA) is 69.8 Å². The summed E-state index contributed by atoms with van der Waals surface area (Å²) in [6.07, 6.45) is 1.46. The van der Waals surface area contributed by atoms with Crippen LogP contribution < -0.4 is 10.6 Å². The van der Waals surface area contributed by atoms with Crippen LogP contribution in [-0.2, 0) is 0 Å². The molecule has 1 fully saturated rings. The van der Waals surface area contributed by atoms with Gasteiger partial charge in [0.1, 0.15) is 11.3 Å². The second kappa shape index (κ2) is 4.38. The number of aromatic nitrogens is 2. The van der Waals surface area contributed by atoms with E-state index in [1.54, 1.807) is 0 Å². The molecule has 0 aliphatic carbocycles. The van der Waals surface area contributed by atoms with E-state index in [1.807, 2.05) is 0 Å². The average molecular weight is 248 g/mol. The molecule has 0 saturated carbocycles. The molecule has 3 N–H and O–H groups in total. The molecular weight excluding hydrogens is 235 g/mol. The van der Waals surface area contributed by atoms with Crippen molar-refractivity contribution in [3.8, 4) is 0 Å². The van der Waals surface area contributed by atoms with Gasteiger partial charge in [-0.1, -0.05) is 0 Å². The van der Waals surface area contributed by atoms with E-state index in [-0.39, 0.29) is 11.5 Å². The lowest BCUT2D eigenvalue weighted by Gasteiger charge is -2.27. The molecule has 2 aromatic rings. The first-order chi connectivity index (χ1) is 8.74. The summed E-state index contributed by atoms with van der Waals surface area (Å²) in [5.74, 6) is -0.252. The zero-order valence-electron chi connectivity index (χ0n) is 9.66. The van der Waals surface area contributed by atoms with Crippen LogP contribution in [0.3, 0.4) is 0 Å². The van der Waals surface area contributed by atoms with Crippen LogP contribution in [0.15, 0.2) is 18.5 Å². The van der Waals surface area contributed by atoms with Crippen LogP contribution >= 0.6 is 0 Å². The first kappa shape index (κ1) is 11.2. The molecule has 0 unspecified atom stereocenters. The Bertz CT molecular complexity index is 591. The SMILES string of the molecule is O=C(NCC1CNC1)c1cc(F)cc2[nH]cnc12. The predicted octanol–water partition coefficient (Wildman–Crippen LogP) is 0.651. The molecule has 0 spiro atoms. The van der Waals surface area contributed by atoms with E-state index in [0.29, 0.717) is 23.5 Å². The highest BCUT2D eigenvalue weighted by Gasteiger charge is 2.19. The predicted molar refractivity (Wildman–Crippen MR) is 64.7 cm³/mol. The largest absolute Gasteiger partial charge is 0.352 e. The van der Waals surface area contributed by atoms with Crippen molar-refractivity contribution in [1.82, 2.24) is 20.6 Å². The summed E-state index contributed by atoms with van der Waals surface area (Å²) in [6.45, 7) is 2.44. The van der Waals surface area contributed by atoms with Crippen molar-refractivity contribution in [1.29, 1.82) is 0 Å². The van der Waals surface area contributed by atoms with E-state index < -0.39 is 5.82 Å². The van der Waals surface area contributed by atoms with Gasteiger partial charge in [-0.15, -0.1) is 0 Å². The third-order valence-electron chi connectivity index (χ3n) is 3.15. The maximum Gasteiger partial charge on any atom is 0.253 e. The molecule has 1 aliphatic rings. The summed E-state index contributed by atoms with van der Waals surface area (Å²) in [4.78, 5) is 18.8. The van der Waals surface area contributed by atoms with E-state index in [0.717, 1.165) is 13.1 Å². The van der Waals surface area contributed by atoms with Gasteiger partial charge in [0, 0.05) is 25.6 Å². The number of nitrogens with one attached hydrogen (secondary N) is 3. The maximum absolute atomic E-state index is 13.4. The minimum Gasteiger partial charge on any atom is -0.352 e. The number of fused-ring (bicyclic) bond motifs is 1. The number of carbonyl (C=O) groups is 1. The van der Waals surface area contributed by atoms with Gasteiger partial charge in [-0.05, 0) is 12.1 Å². The summed E-state index contributed by atoms with van der Waals surface area (Å²) in [5.41, 5.74) is 1.31. The van der Waals surface area contributed by atoms with Crippen molar-refractivity contribution in [2.45, 2.75) is 0 Å². The van der Waals surface area contributed by atoms with Crippen molar-refractivity contribution in [2.75, 3.05) is 19.6 Å². The molecule has 3 rings (SSSR count). The third-order valence-corrected chi connectivity index (χ3v) is 3.15. The van der Waals surface area contributed by atoms with Crippen LogP contribution in [0.25, 0.3) is 11.0 Å². The highest BCUT2D eigenvalue weighted by molar-refractivity contribution is 6.04. The summed E-state index contributed by atoms with van der Waals surface area (Å²) >= 11 is 0. The fourth-order valence-corrected chi connectivity index (χ4v) is 2.01. The summed E-state index contributed by atoms with van der Waals surface area (Å²) in [6, 6.07) is 2.55. The number of imidazole rings is 1. The van der Waals surface area contributed by atoms with Crippen molar-refractivity contribution in [3.05, 3.63) is 29.8 Å². The molecule has 1 aliphatic heterocycles. The molecule has 1 aromatic heterocycles. The Morgan fingerprint density at radius 3 is 3.06 bits per heavy atom. The number of H-pyrrole nitrogens is 1. The van der Waals surface area contributed by atoms with Gasteiger partial charge in [0.15, 0.2) is 0 Å². The molecule has 2 heterocycles. The van der Waals surface area contributed by atoms with E-state index in [4.69, 9.17) is 0 Å². The number of hydrogen-bond acceptors (Lipinski definition) is 3. The van der Waals surface area contributed by atoms with Crippen LogP contribution in [0.2, 0.25) is 0 Å². The van der Waals surface area contributed by atoms with Gasteiger partial charge in [0.05, 0.1) is 17.4 Å². The van der Waals surface area contributed by atoms with Crippen LogP contribution in [0, 0.1) is 11.7 Å². The number of nitrogens with zero attached hydrogens (tertiary/aromatic N) is 1. The molecule has 0 bridgehead atoms. The van der Waals surface area contributed by atoms with Crippen LogP contribution in [0.4, 0.5) is 4.39 Å². The second-order valence-electron chi connectivity index (χ2n) is 4.49. The fourth-order valence-electron chi connectivity index (χ4n) is 2.01. The molecule has 1 saturated heterocycles. The Kier molecular flexibility index (Phi) is 2.71. The lowest BCUT2D eigenvalue weighted by molar-refractivity contribution is 0.0943. The van der Waals surface area contributed by atoms with Gasteiger partial charge in [-0.2, -0.15) is 0 Å². The average Bonchev–Trinajstić information content (AvgIpc) is 2.73. The zero-order chi connectivity index (χ0) is 12.5. The van der Waals surface area contributed by atoms with E-state index in [2.05, 4.69) is 20.6 Å². The number of hydrogen-bond donors (Lipinski definition) is 3. The van der Waals surface area contributed by atoms with Crippen molar-refractivity contribution in [3.63, 3.8) is 0 Å². The van der Waals surface area contributed by atoms with Crippen molar-refractivity contribution < 1.29 is 9.18 Å². The molecule has 1 aromatic carbocycles. The van der Waals surface area contributed by atoms with Gasteiger partial charge < -0.3 is 15.6 Å². The van der Waals surface area contributed by atoms with Gasteiger partial charge >= 0.3 is 0 Å². The van der Waals surface area contributed by atoms with Gasteiger partial charge in [0.25, 0.3) is 5.91 Å². The van der Waals surface area contributed by atoms with Gasteiger partial charge in [-0.25, -0.2) is 9.37 Å². The van der Waals surface area contributed by atoms with E-state index in [1.165, 1.54) is 18.5 Å². The Morgan fingerprint density at radius 2 is 2.33 bits per heavy atom. The van der Waals surface area contributed by atoms with Gasteiger partial charge in [0.2, 0.25) is 0 Å². The third kappa shape index (κ3) is 1.95. The first-order valence-electron chi connectivity index (χ1n) is 5.85. The van der Waals surface area contributed by atoms with Crippen LogP contribution in [0.5, 0.6) is 0 Å². The number of benzene rings is 1. The zero-order valence-corrected chi connectivity index (χ0v) is 9.66. The number of carbonyl (C=O) groups excluding carboxylic acids is 1. The van der Waals surface area contributed by atoms with Crippen LogP contribution in [-0.4, -0.2) is 35.5 Å². The fraction of sp³-hybridized carbons (Fsp3) is 0.333. The maximum atomic E-state index is 13.4. The van der Waals surface area contributed by atoms with Crippen molar-refractivity contribution in [2.24, 2.45) is 5.92 Å². The molecule has 18 heavy (non-hydrogen) atoms. The smallest absolute Gasteiger partial charge is 0.253 e. The van der Waals surface area contributed by atoms with E-state index >= 15 is 0 Å². The molecule has 6 heteroatoms. The van der Waals surface area contributed by atoms with Crippen LogP contribution in [0.1, 0.15) is 10.4 Å². The highest BCUT2D eigenvalue weighted by Crippen LogP contribution is 2.17. The number of aromatic amines is 1. The minimum absolute atomic E-state index is 0.276. The highest BCUT2D eigenvalue weighted by atomic mass is 19.1. The molecule has 94 valence electrons. The monoisotopic (exact) mass is 248 g/mol. The Morgan fingerprint density at radius 1 is 1.50 bits per heavy atom. The normalized spacial score (nSPS) is 15.6. The Hall–Kier alpha value is -1.95. The quantitative estimate of drug-likeness (QED) is 0.747. The molecule has 5 nitrogen and oxygen atoms in total. The molecule has 0 atom stereocenters. The Balaban J connectivity index is 1.83. The summed E-state index contributed by atoms with van der Waals surface area (Å²) < 4.78 is 13.4. The molecule has 1 amide bonds. The van der Waals surface area contributed by atoms with E-state index in [9.17, 15) is 9.18 Å².